The fourth-order valence-corrected chi connectivity index (χ4v) is 2.94. The number of nitrogens with one attached hydrogen (secondary N) is 2. The maximum atomic E-state index is 5.91. The van der Waals surface area contributed by atoms with E-state index in [4.69, 9.17) is 4.74 Å². The van der Waals surface area contributed by atoms with Crippen molar-refractivity contribution in [3.63, 3.8) is 0 Å². The molecular weight excluding hydrogens is 489 g/mol. The SMILES string of the molecule is CN=C(NCCCOC(C)c1ccccc1)NCc1cnn(-c2ccccc2)c1.I. The predicted molar refractivity (Wildman–Crippen MR) is 133 cm³/mol. The standard InChI is InChI=1S/C23H29N5O.HI/c1-19(21-10-5-3-6-11-21)29-15-9-14-25-23(24-2)26-16-20-17-27-28(18-20)22-12-7-4-8-13-22;/h3-8,10-13,17-19H,9,14-16H2,1-2H3,(H2,24,25,26);1H. The van der Waals surface area contributed by atoms with E-state index in [0.717, 1.165) is 30.2 Å². The summed E-state index contributed by atoms with van der Waals surface area (Å²) in [5.74, 6) is 0.772. The van der Waals surface area contributed by atoms with Crippen molar-refractivity contribution in [3.05, 3.63) is 84.2 Å². The third kappa shape index (κ3) is 7.46. The molecule has 0 radical (unpaired) electrons. The molecular formula is C23H30IN5O. The van der Waals surface area contributed by atoms with Gasteiger partial charge in [-0.05, 0) is 31.0 Å². The van der Waals surface area contributed by atoms with Crippen molar-refractivity contribution >= 4 is 29.9 Å². The van der Waals surface area contributed by atoms with Gasteiger partial charge in [-0.1, -0.05) is 48.5 Å². The van der Waals surface area contributed by atoms with Crippen LogP contribution in [0.4, 0.5) is 0 Å². The average molecular weight is 519 g/mol. The summed E-state index contributed by atoms with van der Waals surface area (Å²) in [5, 5.41) is 11.1. The van der Waals surface area contributed by atoms with E-state index in [-0.39, 0.29) is 30.1 Å². The van der Waals surface area contributed by atoms with Gasteiger partial charge in [0.25, 0.3) is 0 Å². The number of aromatic nitrogens is 2. The maximum Gasteiger partial charge on any atom is 0.191 e. The number of para-hydroxylation sites is 1. The van der Waals surface area contributed by atoms with Gasteiger partial charge < -0.3 is 15.4 Å². The van der Waals surface area contributed by atoms with Gasteiger partial charge in [-0.2, -0.15) is 5.10 Å². The van der Waals surface area contributed by atoms with E-state index in [1.165, 1.54) is 5.56 Å². The van der Waals surface area contributed by atoms with Crippen LogP contribution in [-0.4, -0.2) is 35.9 Å². The monoisotopic (exact) mass is 519 g/mol. The Morgan fingerprint density at radius 3 is 2.47 bits per heavy atom. The summed E-state index contributed by atoms with van der Waals surface area (Å²) in [7, 11) is 1.77. The largest absolute Gasteiger partial charge is 0.374 e. The van der Waals surface area contributed by atoms with Gasteiger partial charge in [0.1, 0.15) is 0 Å². The van der Waals surface area contributed by atoms with E-state index in [2.05, 4.69) is 39.8 Å². The van der Waals surface area contributed by atoms with E-state index < -0.39 is 0 Å². The molecule has 0 aliphatic rings. The lowest BCUT2D eigenvalue weighted by Gasteiger charge is -2.14. The molecule has 0 fully saturated rings. The lowest BCUT2D eigenvalue weighted by atomic mass is 10.1. The van der Waals surface area contributed by atoms with Crippen molar-refractivity contribution in [3.8, 4) is 5.69 Å². The first-order valence-electron chi connectivity index (χ1n) is 9.96. The minimum absolute atomic E-state index is 0. The highest BCUT2D eigenvalue weighted by Gasteiger charge is 2.05. The second kappa shape index (κ2) is 13.0. The van der Waals surface area contributed by atoms with Crippen LogP contribution in [0.2, 0.25) is 0 Å². The first-order valence-corrected chi connectivity index (χ1v) is 9.96. The number of benzene rings is 2. The van der Waals surface area contributed by atoms with Crippen LogP contribution in [-0.2, 0) is 11.3 Å². The molecule has 2 aromatic carbocycles. The zero-order valence-corrected chi connectivity index (χ0v) is 19.8. The zero-order valence-electron chi connectivity index (χ0n) is 17.5. The van der Waals surface area contributed by atoms with Crippen molar-refractivity contribution in [2.75, 3.05) is 20.2 Å². The van der Waals surface area contributed by atoms with Gasteiger partial charge in [-0.15, -0.1) is 24.0 Å². The normalized spacial score (nSPS) is 12.1. The summed E-state index contributed by atoms with van der Waals surface area (Å²) < 4.78 is 7.78. The average Bonchev–Trinajstić information content (AvgIpc) is 3.26. The molecule has 0 spiro atoms. The fourth-order valence-electron chi connectivity index (χ4n) is 2.94. The molecule has 1 aromatic heterocycles. The number of hydrogen-bond acceptors (Lipinski definition) is 3. The van der Waals surface area contributed by atoms with Crippen molar-refractivity contribution < 1.29 is 4.74 Å². The van der Waals surface area contributed by atoms with Gasteiger partial charge in [-0.3, -0.25) is 4.99 Å². The molecule has 0 amide bonds. The van der Waals surface area contributed by atoms with Gasteiger partial charge >= 0.3 is 0 Å². The number of hydrogen-bond donors (Lipinski definition) is 2. The minimum atomic E-state index is 0. The molecule has 3 rings (SSSR count). The number of halogens is 1. The Morgan fingerprint density at radius 1 is 1.07 bits per heavy atom. The molecule has 2 N–H and O–H groups in total. The summed E-state index contributed by atoms with van der Waals surface area (Å²) >= 11 is 0. The van der Waals surface area contributed by atoms with Gasteiger partial charge in [0.05, 0.1) is 18.0 Å². The summed E-state index contributed by atoms with van der Waals surface area (Å²) in [6, 6.07) is 20.4. The Morgan fingerprint density at radius 2 is 1.77 bits per heavy atom. The number of aliphatic imine (C=N–C) groups is 1. The van der Waals surface area contributed by atoms with E-state index in [9.17, 15) is 0 Å². The Kier molecular flexibility index (Phi) is 10.4. The van der Waals surface area contributed by atoms with Crippen LogP contribution in [0, 0.1) is 0 Å². The lowest BCUT2D eigenvalue weighted by molar-refractivity contribution is 0.0646. The summed E-state index contributed by atoms with van der Waals surface area (Å²) in [6.45, 7) is 4.24. The summed E-state index contributed by atoms with van der Waals surface area (Å²) in [6.07, 6.45) is 4.90. The molecule has 1 unspecified atom stereocenters. The number of rotatable bonds is 9. The van der Waals surface area contributed by atoms with Crippen LogP contribution >= 0.6 is 24.0 Å². The van der Waals surface area contributed by atoms with E-state index in [1.807, 2.05) is 65.6 Å². The molecule has 1 atom stereocenters. The Hall–Kier alpha value is -2.39. The second-order valence-electron chi connectivity index (χ2n) is 6.76. The first-order chi connectivity index (χ1) is 14.3. The Labute approximate surface area is 195 Å². The van der Waals surface area contributed by atoms with Crippen LogP contribution < -0.4 is 10.6 Å². The maximum absolute atomic E-state index is 5.91. The number of guanidine groups is 1. The molecule has 1 heterocycles. The van der Waals surface area contributed by atoms with Crippen LogP contribution in [0.1, 0.15) is 30.6 Å². The Bertz CT molecular complexity index is 883. The second-order valence-corrected chi connectivity index (χ2v) is 6.76. The molecule has 0 aliphatic heterocycles. The lowest BCUT2D eigenvalue weighted by Crippen LogP contribution is -2.37. The third-order valence-electron chi connectivity index (χ3n) is 4.59. The zero-order chi connectivity index (χ0) is 20.3. The fraction of sp³-hybridized carbons (Fsp3) is 0.304. The van der Waals surface area contributed by atoms with E-state index >= 15 is 0 Å². The highest BCUT2D eigenvalue weighted by molar-refractivity contribution is 14.0. The first kappa shape index (κ1) is 23.9. The van der Waals surface area contributed by atoms with Crippen LogP contribution in [0.3, 0.4) is 0 Å². The van der Waals surface area contributed by atoms with Crippen LogP contribution in [0.5, 0.6) is 0 Å². The Balaban J connectivity index is 0.00000320. The molecule has 0 saturated carbocycles. The highest BCUT2D eigenvalue weighted by Crippen LogP contribution is 2.15. The van der Waals surface area contributed by atoms with Crippen molar-refractivity contribution in [1.82, 2.24) is 20.4 Å². The topological polar surface area (TPSA) is 63.5 Å². The smallest absolute Gasteiger partial charge is 0.191 e. The predicted octanol–water partition coefficient (Wildman–Crippen LogP) is 4.32. The van der Waals surface area contributed by atoms with Crippen molar-refractivity contribution in [1.29, 1.82) is 0 Å². The molecule has 0 aliphatic carbocycles. The molecule has 0 bridgehead atoms. The molecule has 3 aromatic rings. The van der Waals surface area contributed by atoms with Gasteiger partial charge in [-0.25, -0.2) is 4.68 Å². The van der Waals surface area contributed by atoms with E-state index in [1.54, 1.807) is 7.05 Å². The van der Waals surface area contributed by atoms with Crippen molar-refractivity contribution in [2.24, 2.45) is 4.99 Å². The number of ether oxygens (including phenoxy) is 1. The molecule has 6 nitrogen and oxygen atoms in total. The molecule has 0 saturated heterocycles. The van der Waals surface area contributed by atoms with Crippen LogP contribution in [0.15, 0.2) is 78.0 Å². The third-order valence-corrected chi connectivity index (χ3v) is 4.59. The minimum Gasteiger partial charge on any atom is -0.374 e. The van der Waals surface area contributed by atoms with Crippen LogP contribution in [0.25, 0.3) is 5.69 Å². The van der Waals surface area contributed by atoms with E-state index in [0.29, 0.717) is 13.2 Å². The van der Waals surface area contributed by atoms with Gasteiger partial charge in [0, 0.05) is 38.5 Å². The summed E-state index contributed by atoms with van der Waals surface area (Å²) in [5.41, 5.74) is 3.34. The highest BCUT2D eigenvalue weighted by atomic mass is 127. The van der Waals surface area contributed by atoms with Gasteiger partial charge in [0.2, 0.25) is 0 Å². The molecule has 160 valence electrons. The quantitative estimate of drug-likeness (QED) is 0.191. The van der Waals surface area contributed by atoms with Crippen molar-refractivity contribution in [2.45, 2.75) is 26.0 Å². The number of nitrogens with zero attached hydrogens (tertiary/aromatic N) is 3. The molecule has 7 heteroatoms. The summed E-state index contributed by atoms with van der Waals surface area (Å²) in [4.78, 5) is 4.27. The van der Waals surface area contributed by atoms with Gasteiger partial charge in [0.15, 0.2) is 5.96 Å². The molecule has 30 heavy (non-hydrogen) atoms.